The van der Waals surface area contributed by atoms with Gasteiger partial charge < -0.3 is 14.4 Å². The number of amides is 1. The minimum Gasteiger partial charge on any atom is -0.497 e. The number of likely N-dealkylation sites (tertiary alicyclic amines) is 1. The van der Waals surface area contributed by atoms with Crippen molar-refractivity contribution >= 4 is 17.2 Å². The predicted molar refractivity (Wildman–Crippen MR) is 115 cm³/mol. The van der Waals surface area contributed by atoms with Crippen molar-refractivity contribution in [3.63, 3.8) is 0 Å². The lowest BCUT2D eigenvalue weighted by atomic mass is 10.0. The Morgan fingerprint density at radius 1 is 1.14 bits per heavy atom. The number of benzene rings is 2. The Morgan fingerprint density at radius 3 is 2.66 bits per heavy atom. The number of methoxy groups -OCH3 is 2. The number of hydrogen-bond donors (Lipinski definition) is 0. The number of carbonyl (C=O) groups excluding carboxylic acids is 1. The van der Waals surface area contributed by atoms with Crippen molar-refractivity contribution in [2.45, 2.75) is 25.8 Å². The molecule has 3 aromatic rings. The lowest BCUT2D eigenvalue weighted by molar-refractivity contribution is 0.0738. The molecule has 150 valence electrons. The quantitative estimate of drug-likeness (QED) is 0.588. The molecule has 0 saturated carbocycles. The van der Waals surface area contributed by atoms with E-state index in [2.05, 4.69) is 4.98 Å². The van der Waals surface area contributed by atoms with Gasteiger partial charge in [-0.15, -0.1) is 11.3 Å². The Kier molecular flexibility index (Phi) is 5.53. The molecule has 0 radical (unpaired) electrons. The summed E-state index contributed by atoms with van der Waals surface area (Å²) in [5.41, 5.74) is 2.84. The highest BCUT2D eigenvalue weighted by Crippen LogP contribution is 2.40. The maximum atomic E-state index is 13.4. The summed E-state index contributed by atoms with van der Waals surface area (Å²) in [6, 6.07) is 15.8. The summed E-state index contributed by atoms with van der Waals surface area (Å²) < 4.78 is 10.9. The van der Waals surface area contributed by atoms with Gasteiger partial charge in [-0.3, -0.25) is 4.79 Å². The van der Waals surface area contributed by atoms with Crippen LogP contribution in [0.25, 0.3) is 10.6 Å². The molecule has 0 bridgehead atoms. The highest BCUT2D eigenvalue weighted by molar-refractivity contribution is 7.17. The first kappa shape index (κ1) is 19.5. The molecule has 2 aromatic carbocycles. The van der Waals surface area contributed by atoms with E-state index in [0.29, 0.717) is 4.88 Å². The molecule has 5 nitrogen and oxygen atoms in total. The third-order valence-corrected chi connectivity index (χ3v) is 6.52. The molecule has 4 rings (SSSR count). The van der Waals surface area contributed by atoms with Crippen LogP contribution in [-0.4, -0.2) is 36.6 Å². The first-order valence-electron chi connectivity index (χ1n) is 9.68. The standard InChI is InChI=1S/C23H24N2O3S/c1-15-21(29-22(24-15)16-8-5-4-6-9-16)23(26)25-13-7-10-19(25)18-12-11-17(27-2)14-20(18)28-3/h4-6,8-9,11-12,14,19H,7,10,13H2,1-3H3. The van der Waals surface area contributed by atoms with Gasteiger partial charge in [0.2, 0.25) is 0 Å². The highest BCUT2D eigenvalue weighted by atomic mass is 32.1. The van der Waals surface area contributed by atoms with Gasteiger partial charge in [-0.05, 0) is 31.9 Å². The Morgan fingerprint density at radius 2 is 1.93 bits per heavy atom. The van der Waals surface area contributed by atoms with Crippen molar-refractivity contribution in [1.29, 1.82) is 0 Å². The smallest absolute Gasteiger partial charge is 0.266 e. The van der Waals surface area contributed by atoms with Crippen LogP contribution in [0.15, 0.2) is 48.5 Å². The number of aryl methyl sites for hydroxylation is 1. The van der Waals surface area contributed by atoms with E-state index in [4.69, 9.17) is 9.47 Å². The van der Waals surface area contributed by atoms with Crippen molar-refractivity contribution in [2.75, 3.05) is 20.8 Å². The van der Waals surface area contributed by atoms with Gasteiger partial charge in [0.25, 0.3) is 5.91 Å². The largest absolute Gasteiger partial charge is 0.497 e. The highest BCUT2D eigenvalue weighted by Gasteiger charge is 2.34. The van der Waals surface area contributed by atoms with Crippen LogP contribution in [0.1, 0.15) is 39.8 Å². The Balaban J connectivity index is 1.65. The fraction of sp³-hybridized carbons (Fsp3) is 0.304. The zero-order valence-electron chi connectivity index (χ0n) is 16.8. The second-order valence-electron chi connectivity index (χ2n) is 7.06. The molecule has 29 heavy (non-hydrogen) atoms. The zero-order chi connectivity index (χ0) is 20.4. The van der Waals surface area contributed by atoms with Crippen LogP contribution >= 0.6 is 11.3 Å². The van der Waals surface area contributed by atoms with E-state index >= 15 is 0 Å². The summed E-state index contributed by atoms with van der Waals surface area (Å²) in [5, 5.41) is 0.879. The molecule has 1 aliphatic heterocycles. The summed E-state index contributed by atoms with van der Waals surface area (Å²) in [6.07, 6.45) is 1.88. The van der Waals surface area contributed by atoms with E-state index in [1.54, 1.807) is 14.2 Å². The lowest BCUT2D eigenvalue weighted by Gasteiger charge is -2.26. The Bertz CT molecular complexity index is 1020. The molecule has 1 unspecified atom stereocenters. The van der Waals surface area contributed by atoms with Gasteiger partial charge in [0, 0.05) is 23.7 Å². The number of thiazole rings is 1. The second kappa shape index (κ2) is 8.25. The molecule has 1 aromatic heterocycles. The molecule has 0 N–H and O–H groups in total. The normalized spacial score (nSPS) is 16.1. The van der Waals surface area contributed by atoms with Crippen molar-refractivity contribution in [3.05, 3.63) is 64.7 Å². The number of carbonyl (C=O) groups is 1. The Labute approximate surface area is 174 Å². The van der Waals surface area contributed by atoms with Gasteiger partial charge in [-0.25, -0.2) is 4.98 Å². The fourth-order valence-electron chi connectivity index (χ4n) is 3.86. The van der Waals surface area contributed by atoms with E-state index in [1.165, 1.54) is 11.3 Å². The van der Waals surface area contributed by atoms with Crippen LogP contribution in [-0.2, 0) is 0 Å². The summed E-state index contributed by atoms with van der Waals surface area (Å²) in [6.45, 7) is 2.64. The summed E-state index contributed by atoms with van der Waals surface area (Å²) in [5.74, 6) is 1.54. The zero-order valence-corrected chi connectivity index (χ0v) is 17.7. The van der Waals surface area contributed by atoms with Crippen molar-refractivity contribution in [3.8, 4) is 22.1 Å². The molecule has 0 aliphatic carbocycles. The van der Waals surface area contributed by atoms with Crippen LogP contribution in [0.4, 0.5) is 0 Å². The first-order chi connectivity index (χ1) is 14.1. The average molecular weight is 409 g/mol. The third-order valence-electron chi connectivity index (χ3n) is 5.32. The van der Waals surface area contributed by atoms with Gasteiger partial charge in [-0.2, -0.15) is 0 Å². The molecule has 1 saturated heterocycles. The summed E-state index contributed by atoms with van der Waals surface area (Å²) in [4.78, 5) is 20.8. The number of rotatable bonds is 5. The predicted octanol–water partition coefficient (Wildman–Crippen LogP) is 5.11. The van der Waals surface area contributed by atoms with Gasteiger partial charge in [-0.1, -0.05) is 30.3 Å². The second-order valence-corrected chi connectivity index (χ2v) is 8.06. The molecule has 0 spiro atoms. The van der Waals surface area contributed by atoms with E-state index in [9.17, 15) is 4.79 Å². The maximum Gasteiger partial charge on any atom is 0.266 e. The van der Waals surface area contributed by atoms with E-state index < -0.39 is 0 Å². The van der Waals surface area contributed by atoms with Crippen LogP contribution in [0, 0.1) is 6.92 Å². The maximum absolute atomic E-state index is 13.4. The van der Waals surface area contributed by atoms with E-state index in [1.807, 2.05) is 60.4 Å². The van der Waals surface area contributed by atoms with Gasteiger partial charge in [0.05, 0.1) is 26.0 Å². The van der Waals surface area contributed by atoms with Crippen molar-refractivity contribution < 1.29 is 14.3 Å². The molecular weight excluding hydrogens is 384 g/mol. The van der Waals surface area contributed by atoms with Gasteiger partial charge in [0.1, 0.15) is 21.4 Å². The number of nitrogens with zero attached hydrogens (tertiary/aromatic N) is 2. The van der Waals surface area contributed by atoms with Crippen molar-refractivity contribution in [2.24, 2.45) is 0 Å². The molecule has 2 heterocycles. The van der Waals surface area contributed by atoms with Crippen LogP contribution < -0.4 is 9.47 Å². The number of hydrogen-bond acceptors (Lipinski definition) is 5. The monoisotopic (exact) mass is 408 g/mol. The first-order valence-corrected chi connectivity index (χ1v) is 10.5. The van der Waals surface area contributed by atoms with Gasteiger partial charge in [0.15, 0.2) is 0 Å². The summed E-state index contributed by atoms with van der Waals surface area (Å²) in [7, 11) is 3.29. The average Bonchev–Trinajstić information content (AvgIpc) is 3.40. The van der Waals surface area contributed by atoms with E-state index in [-0.39, 0.29) is 11.9 Å². The molecule has 6 heteroatoms. The Hall–Kier alpha value is -2.86. The molecule has 1 fully saturated rings. The third kappa shape index (κ3) is 3.72. The van der Waals surface area contributed by atoms with E-state index in [0.717, 1.165) is 52.7 Å². The van der Waals surface area contributed by atoms with Crippen LogP contribution in [0.5, 0.6) is 11.5 Å². The number of aromatic nitrogens is 1. The SMILES string of the molecule is COc1ccc(C2CCCN2C(=O)c2sc(-c3ccccc3)nc2C)c(OC)c1. The minimum absolute atomic E-state index is 0.00923. The molecule has 1 aliphatic rings. The van der Waals surface area contributed by atoms with Gasteiger partial charge >= 0.3 is 0 Å². The molecule has 1 amide bonds. The topological polar surface area (TPSA) is 51.7 Å². The van der Waals surface area contributed by atoms with Crippen LogP contribution in [0.3, 0.4) is 0 Å². The lowest BCUT2D eigenvalue weighted by Crippen LogP contribution is -2.30. The van der Waals surface area contributed by atoms with Crippen molar-refractivity contribution in [1.82, 2.24) is 9.88 Å². The molecular formula is C23H24N2O3S. The summed E-state index contributed by atoms with van der Waals surface area (Å²) >= 11 is 1.47. The number of ether oxygens (including phenoxy) is 2. The fourth-order valence-corrected chi connectivity index (χ4v) is 4.88. The minimum atomic E-state index is -0.00923. The molecule has 1 atom stereocenters. The van der Waals surface area contributed by atoms with Crippen LogP contribution in [0.2, 0.25) is 0 Å².